The van der Waals surface area contributed by atoms with Crippen molar-refractivity contribution in [1.82, 2.24) is 34.7 Å². The fourth-order valence-electron chi connectivity index (χ4n) is 2.77. The van der Waals surface area contributed by atoms with Gasteiger partial charge in [0.05, 0.1) is 22.1 Å². The maximum atomic E-state index is 13.2. The highest BCUT2D eigenvalue weighted by Gasteiger charge is 2.32. The van der Waals surface area contributed by atoms with E-state index in [0.717, 1.165) is 12.1 Å². The lowest BCUT2D eigenvalue weighted by molar-refractivity contribution is -0.137. The highest BCUT2D eigenvalue weighted by atomic mass is 35.5. The number of fused-ring (bicyclic) bond motifs is 1. The molecule has 1 N–H and O–H groups in total. The Morgan fingerprint density at radius 2 is 1.79 bits per heavy atom. The molecule has 0 spiro atoms. The lowest BCUT2D eigenvalue weighted by atomic mass is 10.1. The van der Waals surface area contributed by atoms with Gasteiger partial charge in [-0.2, -0.15) is 23.0 Å². The fraction of sp³-hybridized carbons (Fsp3) is 0.176. The van der Waals surface area contributed by atoms with E-state index in [0.29, 0.717) is 11.8 Å². The van der Waals surface area contributed by atoms with Crippen LogP contribution in [0.3, 0.4) is 0 Å². The molecular weight excluding hydrogens is 409 g/mol. The van der Waals surface area contributed by atoms with Crippen molar-refractivity contribution < 1.29 is 13.2 Å². The summed E-state index contributed by atoms with van der Waals surface area (Å²) < 4.78 is 41.0. The van der Waals surface area contributed by atoms with E-state index in [-0.39, 0.29) is 21.7 Å². The van der Waals surface area contributed by atoms with Gasteiger partial charge in [0.2, 0.25) is 0 Å². The van der Waals surface area contributed by atoms with Crippen LogP contribution < -0.4 is 5.32 Å². The highest BCUT2D eigenvalue weighted by Crippen LogP contribution is 2.36. The third kappa shape index (κ3) is 3.68. The van der Waals surface area contributed by atoms with Gasteiger partial charge in [0, 0.05) is 17.8 Å². The smallest absolute Gasteiger partial charge is 0.360 e. The molecule has 12 heteroatoms. The van der Waals surface area contributed by atoms with Crippen molar-refractivity contribution in [2.45, 2.75) is 19.1 Å². The van der Waals surface area contributed by atoms with Gasteiger partial charge in [-0.1, -0.05) is 11.6 Å². The zero-order valence-corrected chi connectivity index (χ0v) is 15.5. The second kappa shape index (κ2) is 7.24. The third-order valence-electron chi connectivity index (χ3n) is 4.08. The molecule has 0 bridgehead atoms. The Kier molecular flexibility index (Phi) is 4.74. The molecule has 8 nitrogen and oxygen atoms in total. The van der Waals surface area contributed by atoms with Gasteiger partial charge in [-0.25, -0.2) is 24.9 Å². The van der Waals surface area contributed by atoms with Gasteiger partial charge < -0.3 is 5.32 Å². The van der Waals surface area contributed by atoms with Crippen LogP contribution in [0.4, 0.5) is 19.0 Å². The second-order valence-electron chi connectivity index (χ2n) is 6.02. The van der Waals surface area contributed by atoms with Crippen LogP contribution in [0.1, 0.15) is 24.4 Å². The average molecular weight is 421 g/mol. The first-order valence-electron chi connectivity index (χ1n) is 8.30. The van der Waals surface area contributed by atoms with Crippen molar-refractivity contribution in [2.75, 3.05) is 5.32 Å². The monoisotopic (exact) mass is 420 g/mol. The molecule has 4 rings (SSSR count). The summed E-state index contributed by atoms with van der Waals surface area (Å²) in [5.41, 5.74) is -0.682. The number of anilines is 1. The first-order valence-corrected chi connectivity index (χ1v) is 8.67. The van der Waals surface area contributed by atoms with E-state index in [2.05, 4.69) is 35.3 Å². The molecule has 1 atom stereocenters. The Hall–Kier alpha value is -3.34. The Labute approximate surface area is 166 Å². The van der Waals surface area contributed by atoms with Gasteiger partial charge in [-0.15, -0.1) is 0 Å². The summed E-state index contributed by atoms with van der Waals surface area (Å²) >= 11 is 6.02. The minimum absolute atomic E-state index is 0.117. The number of nitrogens with zero attached hydrogens (tertiary/aromatic N) is 7. The summed E-state index contributed by atoms with van der Waals surface area (Å²) in [6, 6.07) is 2.97. The van der Waals surface area contributed by atoms with Gasteiger partial charge in [0.1, 0.15) is 18.5 Å². The molecule has 3 aromatic heterocycles. The van der Waals surface area contributed by atoms with E-state index < -0.39 is 17.8 Å². The molecule has 1 aromatic carbocycles. The molecular formula is C17H12ClF3N8. The molecule has 148 valence electrons. The first kappa shape index (κ1) is 19.0. The molecule has 29 heavy (non-hydrogen) atoms. The number of hydrogen-bond donors (Lipinski definition) is 1. The topological polar surface area (TPSA) is 94.3 Å². The first-order chi connectivity index (χ1) is 13.8. The van der Waals surface area contributed by atoms with E-state index in [1.165, 1.54) is 17.3 Å². The summed E-state index contributed by atoms with van der Waals surface area (Å²) in [5.74, 6) is 0.934. The summed E-state index contributed by atoms with van der Waals surface area (Å²) in [7, 11) is 0. The molecule has 0 aliphatic carbocycles. The maximum Gasteiger partial charge on any atom is 0.416 e. The fourth-order valence-corrected chi connectivity index (χ4v) is 3.04. The number of rotatable bonds is 4. The second-order valence-corrected chi connectivity index (χ2v) is 6.43. The highest BCUT2D eigenvalue weighted by molar-refractivity contribution is 6.35. The number of benzene rings is 1. The average Bonchev–Trinajstić information content (AvgIpc) is 3.18. The third-order valence-corrected chi connectivity index (χ3v) is 4.36. The van der Waals surface area contributed by atoms with E-state index in [9.17, 15) is 13.2 Å². The van der Waals surface area contributed by atoms with Gasteiger partial charge >= 0.3 is 6.18 Å². The lowest BCUT2D eigenvalue weighted by Crippen LogP contribution is -2.16. The molecule has 0 amide bonds. The largest absolute Gasteiger partial charge is 0.416 e. The molecule has 0 saturated heterocycles. The quantitative estimate of drug-likeness (QED) is 0.536. The van der Waals surface area contributed by atoms with Crippen LogP contribution in [0.15, 0.2) is 43.2 Å². The summed E-state index contributed by atoms with van der Waals surface area (Å²) in [5, 5.41) is 7.18. The molecule has 0 unspecified atom stereocenters. The van der Waals surface area contributed by atoms with Crippen molar-refractivity contribution in [3.63, 3.8) is 0 Å². The Bertz CT molecular complexity index is 1160. The summed E-state index contributed by atoms with van der Waals surface area (Å²) in [4.78, 5) is 20.5. The Morgan fingerprint density at radius 1 is 1.03 bits per heavy atom. The van der Waals surface area contributed by atoms with Crippen molar-refractivity contribution in [1.29, 1.82) is 0 Å². The zero-order valence-electron chi connectivity index (χ0n) is 14.8. The Morgan fingerprint density at radius 3 is 2.52 bits per heavy atom. The minimum Gasteiger partial charge on any atom is -0.360 e. The van der Waals surface area contributed by atoms with Crippen molar-refractivity contribution in [2.24, 2.45) is 0 Å². The molecule has 0 fully saturated rings. The summed E-state index contributed by atoms with van der Waals surface area (Å²) in [6.07, 6.45) is 1.12. The molecule has 0 radical (unpaired) electrons. The minimum atomic E-state index is -4.55. The van der Waals surface area contributed by atoms with Crippen LogP contribution >= 0.6 is 11.6 Å². The number of alkyl halides is 3. The SMILES string of the molecule is C[C@H](Nc1ncnc2c(Cl)cc(C(F)(F)F)cc12)c1ncnn1-c1ncccn1. The van der Waals surface area contributed by atoms with Crippen LogP contribution in [0.2, 0.25) is 5.02 Å². The van der Waals surface area contributed by atoms with Crippen LogP contribution in [-0.2, 0) is 6.18 Å². The van der Waals surface area contributed by atoms with E-state index in [1.807, 2.05) is 0 Å². The molecule has 0 saturated carbocycles. The normalized spacial score (nSPS) is 12.9. The van der Waals surface area contributed by atoms with Crippen molar-refractivity contribution in [3.05, 3.63) is 59.7 Å². The number of nitrogens with one attached hydrogen (secondary N) is 1. The Balaban J connectivity index is 1.74. The molecule has 0 aliphatic heterocycles. The van der Waals surface area contributed by atoms with Gasteiger partial charge in [-0.3, -0.25) is 0 Å². The molecule has 4 aromatic rings. The molecule has 0 aliphatic rings. The maximum absolute atomic E-state index is 13.2. The standard InChI is InChI=1S/C17H12ClF3N8/c1-9(15-26-8-27-29(15)16-22-3-2-4-23-16)28-14-11-5-10(17(19,20)21)6-12(18)13(11)24-7-25-14/h2-9H,1H3,(H,24,25,28)/t9-/m0/s1. The van der Waals surface area contributed by atoms with E-state index in [4.69, 9.17) is 11.6 Å². The van der Waals surface area contributed by atoms with E-state index in [1.54, 1.807) is 25.4 Å². The van der Waals surface area contributed by atoms with Gasteiger partial charge in [0.25, 0.3) is 5.95 Å². The predicted octanol–water partition coefficient (Wildman–Crippen LogP) is 3.85. The van der Waals surface area contributed by atoms with E-state index >= 15 is 0 Å². The van der Waals surface area contributed by atoms with Gasteiger partial charge in [0.15, 0.2) is 5.82 Å². The number of halogens is 4. The van der Waals surface area contributed by atoms with Crippen LogP contribution in [0.25, 0.3) is 16.9 Å². The summed E-state index contributed by atoms with van der Waals surface area (Å²) in [6.45, 7) is 1.76. The van der Waals surface area contributed by atoms with Crippen molar-refractivity contribution in [3.8, 4) is 5.95 Å². The lowest BCUT2D eigenvalue weighted by Gasteiger charge is -2.16. The predicted molar refractivity (Wildman–Crippen MR) is 98.5 cm³/mol. The number of aromatic nitrogens is 7. The van der Waals surface area contributed by atoms with Crippen LogP contribution in [0, 0.1) is 0 Å². The van der Waals surface area contributed by atoms with Crippen LogP contribution in [0.5, 0.6) is 0 Å². The van der Waals surface area contributed by atoms with Gasteiger partial charge in [-0.05, 0) is 25.1 Å². The zero-order chi connectivity index (χ0) is 20.6. The van der Waals surface area contributed by atoms with Crippen molar-refractivity contribution >= 4 is 28.3 Å². The number of hydrogen-bond acceptors (Lipinski definition) is 7. The molecule has 3 heterocycles. The van der Waals surface area contributed by atoms with Crippen LogP contribution in [-0.4, -0.2) is 34.7 Å².